The predicted octanol–water partition coefficient (Wildman–Crippen LogP) is 2.78. The average Bonchev–Trinajstić information content (AvgIpc) is 2.36. The fourth-order valence-corrected chi connectivity index (χ4v) is 3.50. The molecule has 0 bridgehead atoms. The minimum absolute atomic E-state index is 0.0467. The van der Waals surface area contributed by atoms with E-state index in [-0.39, 0.29) is 35.3 Å². The highest BCUT2D eigenvalue weighted by atomic mass is 16.5. The summed E-state index contributed by atoms with van der Waals surface area (Å²) in [6.45, 7) is 5.88. The van der Waals surface area contributed by atoms with Gasteiger partial charge in [0.1, 0.15) is 0 Å². The number of carbonyl (C=O) groups is 2. The Morgan fingerprint density at radius 3 is 2.58 bits per heavy atom. The van der Waals surface area contributed by atoms with Crippen LogP contribution in [0, 0.1) is 16.7 Å². The van der Waals surface area contributed by atoms with Gasteiger partial charge in [-0.15, -0.1) is 0 Å². The fraction of sp³-hybridized carbons (Fsp3) is 0.733. The fourth-order valence-electron chi connectivity index (χ4n) is 3.50. The molecular weight excluding hydrogens is 244 g/mol. The Morgan fingerprint density at radius 1 is 1.37 bits per heavy atom. The van der Waals surface area contributed by atoms with Crippen molar-refractivity contribution in [1.29, 1.82) is 0 Å². The van der Waals surface area contributed by atoms with Gasteiger partial charge in [-0.1, -0.05) is 13.8 Å². The first kappa shape index (κ1) is 14.1. The number of methoxy groups -OCH3 is 1. The molecule has 106 valence electrons. The number of fused-ring (bicyclic) bond motifs is 1. The van der Waals surface area contributed by atoms with Crippen molar-refractivity contribution in [2.75, 3.05) is 7.11 Å². The van der Waals surface area contributed by atoms with E-state index in [2.05, 4.69) is 13.8 Å². The number of hydrogen-bond donors (Lipinski definition) is 1. The molecule has 0 heterocycles. The molecule has 0 unspecified atom stereocenters. The number of rotatable bonds is 1. The maximum Gasteiger partial charge on any atom is 0.313 e. The Labute approximate surface area is 113 Å². The molecule has 19 heavy (non-hydrogen) atoms. The summed E-state index contributed by atoms with van der Waals surface area (Å²) in [7, 11) is 1.35. The Kier molecular flexibility index (Phi) is 3.23. The van der Waals surface area contributed by atoms with Crippen molar-refractivity contribution in [1.82, 2.24) is 0 Å². The summed E-state index contributed by atoms with van der Waals surface area (Å²) in [6, 6.07) is 0. The zero-order valence-electron chi connectivity index (χ0n) is 12.1. The van der Waals surface area contributed by atoms with E-state index in [1.165, 1.54) is 7.11 Å². The average molecular weight is 266 g/mol. The third-order valence-corrected chi connectivity index (χ3v) is 4.87. The van der Waals surface area contributed by atoms with Crippen LogP contribution in [0.25, 0.3) is 0 Å². The molecule has 0 aromatic carbocycles. The zero-order chi connectivity index (χ0) is 14.4. The Bertz CT molecular complexity index is 461. The quantitative estimate of drug-likeness (QED) is 0.741. The van der Waals surface area contributed by atoms with E-state index in [0.717, 1.165) is 6.42 Å². The predicted molar refractivity (Wildman–Crippen MR) is 70.5 cm³/mol. The van der Waals surface area contributed by atoms with E-state index in [1.807, 2.05) is 0 Å². The van der Waals surface area contributed by atoms with Gasteiger partial charge in [0.15, 0.2) is 5.78 Å². The van der Waals surface area contributed by atoms with Gasteiger partial charge in [0.2, 0.25) is 0 Å². The molecule has 4 heteroatoms. The van der Waals surface area contributed by atoms with Crippen LogP contribution in [-0.4, -0.2) is 24.0 Å². The van der Waals surface area contributed by atoms with E-state index < -0.39 is 5.41 Å². The van der Waals surface area contributed by atoms with Gasteiger partial charge in [-0.05, 0) is 31.6 Å². The summed E-state index contributed by atoms with van der Waals surface area (Å²) < 4.78 is 4.93. The molecule has 0 amide bonds. The molecule has 1 saturated carbocycles. The number of Topliss-reactive ketones (excluding diaryl/α,β-unsaturated/α-hetero) is 1. The highest BCUT2D eigenvalue weighted by Gasteiger charge is 2.57. The number of ketones is 1. The summed E-state index contributed by atoms with van der Waals surface area (Å²) in [5.41, 5.74) is -0.405. The molecular formula is C15H22O4. The first-order valence-corrected chi connectivity index (χ1v) is 6.75. The van der Waals surface area contributed by atoms with Crippen molar-refractivity contribution in [2.24, 2.45) is 16.7 Å². The Morgan fingerprint density at radius 2 is 2.00 bits per heavy atom. The molecule has 0 spiro atoms. The number of aliphatic hydroxyl groups is 1. The van der Waals surface area contributed by atoms with E-state index in [1.54, 1.807) is 6.92 Å². The van der Waals surface area contributed by atoms with Crippen LogP contribution in [0.4, 0.5) is 0 Å². The maximum atomic E-state index is 12.5. The summed E-state index contributed by atoms with van der Waals surface area (Å²) in [4.78, 5) is 24.7. The lowest BCUT2D eigenvalue weighted by molar-refractivity contribution is -0.166. The van der Waals surface area contributed by atoms with Crippen molar-refractivity contribution in [3.8, 4) is 0 Å². The molecule has 4 nitrogen and oxygen atoms in total. The van der Waals surface area contributed by atoms with Crippen LogP contribution in [-0.2, 0) is 14.3 Å². The molecule has 1 N–H and O–H groups in total. The second-order valence-electron chi connectivity index (χ2n) is 6.68. The molecule has 2 atom stereocenters. The van der Waals surface area contributed by atoms with Crippen LogP contribution in [0.2, 0.25) is 0 Å². The monoisotopic (exact) mass is 266 g/mol. The summed E-state index contributed by atoms with van der Waals surface area (Å²) in [5, 5.41) is 9.98. The molecule has 1 fully saturated rings. The molecule has 0 saturated heterocycles. The molecule has 2 aliphatic carbocycles. The molecule has 0 aliphatic heterocycles. The lowest BCUT2D eigenvalue weighted by atomic mass is 9.54. The molecule has 0 aromatic heterocycles. The van der Waals surface area contributed by atoms with Crippen molar-refractivity contribution in [3.05, 3.63) is 11.3 Å². The number of carbonyl (C=O) groups excluding carboxylic acids is 2. The molecule has 0 aromatic rings. The van der Waals surface area contributed by atoms with Crippen molar-refractivity contribution < 1.29 is 19.4 Å². The van der Waals surface area contributed by atoms with Crippen LogP contribution in [0.15, 0.2) is 11.3 Å². The summed E-state index contributed by atoms with van der Waals surface area (Å²) in [5.74, 6) is -0.770. The number of aliphatic hydroxyl groups excluding tert-OH is 1. The van der Waals surface area contributed by atoms with Gasteiger partial charge in [-0.2, -0.15) is 0 Å². The Hall–Kier alpha value is -1.32. The van der Waals surface area contributed by atoms with Gasteiger partial charge in [0.05, 0.1) is 18.3 Å². The normalized spacial score (nSPS) is 33.9. The highest BCUT2D eigenvalue weighted by molar-refractivity contribution is 6.02. The molecule has 0 radical (unpaired) electrons. The van der Waals surface area contributed by atoms with E-state index in [0.29, 0.717) is 18.4 Å². The summed E-state index contributed by atoms with van der Waals surface area (Å²) >= 11 is 0. The smallest absolute Gasteiger partial charge is 0.313 e. The second-order valence-corrected chi connectivity index (χ2v) is 6.68. The van der Waals surface area contributed by atoms with Crippen molar-refractivity contribution >= 4 is 11.8 Å². The van der Waals surface area contributed by atoms with Gasteiger partial charge >= 0.3 is 5.97 Å². The zero-order valence-corrected chi connectivity index (χ0v) is 12.1. The lowest BCUT2D eigenvalue weighted by Crippen LogP contribution is -2.51. The second kappa shape index (κ2) is 4.36. The van der Waals surface area contributed by atoms with Gasteiger partial charge in [-0.3, -0.25) is 9.59 Å². The number of hydrogen-bond acceptors (Lipinski definition) is 4. The highest BCUT2D eigenvalue weighted by Crippen LogP contribution is 2.55. The summed E-state index contributed by atoms with van der Waals surface area (Å²) in [6.07, 6.45) is 2.36. The van der Waals surface area contributed by atoms with Gasteiger partial charge in [0, 0.05) is 17.9 Å². The third kappa shape index (κ3) is 2.07. The topological polar surface area (TPSA) is 63.6 Å². The number of allylic oxidation sites excluding steroid dienone is 2. The lowest BCUT2D eigenvalue weighted by Gasteiger charge is -2.48. The molecule has 2 aliphatic rings. The van der Waals surface area contributed by atoms with E-state index in [9.17, 15) is 14.7 Å². The van der Waals surface area contributed by atoms with Crippen LogP contribution in [0.1, 0.15) is 46.5 Å². The van der Waals surface area contributed by atoms with E-state index in [4.69, 9.17) is 4.74 Å². The first-order valence-electron chi connectivity index (χ1n) is 6.75. The van der Waals surface area contributed by atoms with Gasteiger partial charge < -0.3 is 9.84 Å². The number of ether oxygens (including phenoxy) is 1. The third-order valence-electron chi connectivity index (χ3n) is 4.87. The van der Waals surface area contributed by atoms with Crippen LogP contribution in [0.3, 0.4) is 0 Å². The van der Waals surface area contributed by atoms with Crippen LogP contribution < -0.4 is 0 Å². The largest absolute Gasteiger partial charge is 0.512 e. The van der Waals surface area contributed by atoms with Gasteiger partial charge in [-0.25, -0.2) is 0 Å². The minimum Gasteiger partial charge on any atom is -0.512 e. The standard InChI is InChI=1S/C15H22O4/c1-9-11(16)8-15(13(18)19-4)6-5-14(2,3)7-10(15)12(9)17/h10,16H,5-8H2,1-4H3/t10-,15-/m0/s1. The minimum atomic E-state index is -0.856. The maximum absolute atomic E-state index is 12.5. The molecule has 2 rings (SSSR count). The first-order chi connectivity index (χ1) is 8.73. The van der Waals surface area contributed by atoms with Crippen LogP contribution in [0.5, 0.6) is 0 Å². The van der Waals surface area contributed by atoms with Crippen molar-refractivity contribution in [2.45, 2.75) is 46.5 Å². The van der Waals surface area contributed by atoms with E-state index >= 15 is 0 Å². The van der Waals surface area contributed by atoms with Crippen molar-refractivity contribution in [3.63, 3.8) is 0 Å². The Balaban J connectivity index is 2.49. The SMILES string of the molecule is COC(=O)[C@]12CCC(C)(C)C[C@H]1C(=O)C(C)=C(O)C2. The number of esters is 1. The van der Waals surface area contributed by atoms with Crippen LogP contribution >= 0.6 is 0 Å². The van der Waals surface area contributed by atoms with Gasteiger partial charge in [0.25, 0.3) is 0 Å².